The molecule has 3 rings (SSSR count). The number of carbonyl (C=O) groups excluding carboxylic acids is 1. The molecule has 146 valence electrons. The summed E-state index contributed by atoms with van der Waals surface area (Å²) < 4.78 is 0. The Bertz CT molecular complexity index is 724. The van der Waals surface area contributed by atoms with Crippen molar-refractivity contribution in [2.45, 2.75) is 51.8 Å². The van der Waals surface area contributed by atoms with Gasteiger partial charge in [0.05, 0.1) is 17.5 Å². The number of aromatic nitrogens is 1. The van der Waals surface area contributed by atoms with E-state index in [-0.39, 0.29) is 5.91 Å². The Kier molecular flexibility index (Phi) is 6.99. The van der Waals surface area contributed by atoms with Crippen LogP contribution in [0.15, 0.2) is 36.5 Å². The van der Waals surface area contributed by atoms with Crippen molar-refractivity contribution >= 4 is 17.2 Å². The summed E-state index contributed by atoms with van der Waals surface area (Å²) in [7, 11) is 0. The lowest BCUT2D eigenvalue weighted by atomic mass is 10.0. The Morgan fingerprint density at radius 1 is 1.33 bits per heavy atom. The Hall–Kier alpha value is -1.76. The number of nitrogens with zero attached hydrogens (tertiary/aromatic N) is 3. The maximum Gasteiger partial charge on any atom is 0.253 e. The molecule has 1 unspecified atom stereocenters. The third-order valence-electron chi connectivity index (χ3n) is 5.12. The van der Waals surface area contributed by atoms with Crippen LogP contribution < -0.4 is 0 Å². The first-order valence-corrected chi connectivity index (χ1v) is 10.6. The van der Waals surface area contributed by atoms with E-state index in [4.69, 9.17) is 0 Å². The van der Waals surface area contributed by atoms with Crippen molar-refractivity contribution in [1.82, 2.24) is 14.8 Å². The maximum absolute atomic E-state index is 12.6. The first-order chi connectivity index (χ1) is 13.1. The molecule has 0 spiro atoms. The maximum atomic E-state index is 12.6. The van der Waals surface area contributed by atoms with Gasteiger partial charge in [-0.3, -0.25) is 9.69 Å². The second-order valence-electron chi connectivity index (χ2n) is 7.19. The van der Waals surface area contributed by atoms with Gasteiger partial charge < -0.3 is 10.0 Å². The Morgan fingerprint density at radius 2 is 2.04 bits per heavy atom. The van der Waals surface area contributed by atoms with Crippen molar-refractivity contribution in [3.8, 4) is 0 Å². The van der Waals surface area contributed by atoms with Crippen molar-refractivity contribution in [2.75, 3.05) is 19.6 Å². The normalized spacial score (nSPS) is 16.7. The lowest BCUT2D eigenvalue weighted by Gasteiger charge is -2.38. The molecule has 1 aromatic carbocycles. The van der Waals surface area contributed by atoms with E-state index in [0.717, 1.165) is 60.9 Å². The summed E-state index contributed by atoms with van der Waals surface area (Å²) >= 11 is 1.59. The molecule has 27 heavy (non-hydrogen) atoms. The first-order valence-electron chi connectivity index (χ1n) is 9.79. The fourth-order valence-corrected chi connectivity index (χ4v) is 4.52. The van der Waals surface area contributed by atoms with Crippen molar-refractivity contribution in [3.05, 3.63) is 52.0 Å². The van der Waals surface area contributed by atoms with Gasteiger partial charge in [-0.15, -0.1) is 11.3 Å². The molecule has 6 heteroatoms. The number of likely N-dealkylation sites (tertiary alicyclic amines) is 1. The van der Waals surface area contributed by atoms with Crippen LogP contribution in [0, 0.1) is 0 Å². The molecule has 1 N–H and O–H groups in total. The van der Waals surface area contributed by atoms with Crippen LogP contribution in [-0.2, 0) is 6.54 Å². The second kappa shape index (κ2) is 9.44. The van der Waals surface area contributed by atoms with E-state index in [9.17, 15) is 9.90 Å². The lowest BCUT2D eigenvalue weighted by Crippen LogP contribution is -2.46. The molecule has 2 heterocycles. The predicted octanol–water partition coefficient (Wildman–Crippen LogP) is 3.71. The molecule has 1 aromatic heterocycles. The predicted molar refractivity (Wildman–Crippen MR) is 109 cm³/mol. The van der Waals surface area contributed by atoms with Crippen LogP contribution in [0.4, 0.5) is 0 Å². The van der Waals surface area contributed by atoms with E-state index < -0.39 is 6.10 Å². The van der Waals surface area contributed by atoms with Crippen molar-refractivity contribution in [1.29, 1.82) is 0 Å². The second-order valence-corrected chi connectivity index (χ2v) is 8.34. The zero-order valence-corrected chi connectivity index (χ0v) is 17.0. The summed E-state index contributed by atoms with van der Waals surface area (Å²) in [5.74, 6) is 0.137. The highest BCUT2D eigenvalue weighted by Crippen LogP contribution is 2.25. The fraction of sp³-hybridized carbons (Fsp3) is 0.524. The van der Waals surface area contributed by atoms with Gasteiger partial charge >= 0.3 is 0 Å². The van der Waals surface area contributed by atoms with E-state index >= 15 is 0 Å². The third kappa shape index (κ3) is 5.15. The summed E-state index contributed by atoms with van der Waals surface area (Å²) in [6.07, 6.45) is 4.41. The van der Waals surface area contributed by atoms with Gasteiger partial charge in [0, 0.05) is 30.9 Å². The van der Waals surface area contributed by atoms with Crippen molar-refractivity contribution in [2.24, 2.45) is 0 Å². The van der Waals surface area contributed by atoms with E-state index in [1.54, 1.807) is 24.5 Å². The Balaban J connectivity index is 1.58. The number of aliphatic hydroxyl groups excluding tert-OH is 1. The van der Waals surface area contributed by atoms with E-state index in [0.29, 0.717) is 6.04 Å². The average molecular weight is 388 g/mol. The van der Waals surface area contributed by atoms with E-state index in [1.807, 2.05) is 35.2 Å². The highest BCUT2D eigenvalue weighted by molar-refractivity contribution is 7.11. The van der Waals surface area contributed by atoms with Crippen molar-refractivity contribution < 1.29 is 9.90 Å². The topological polar surface area (TPSA) is 56.7 Å². The molecule has 1 aliphatic rings. The number of amides is 1. The molecule has 1 saturated heterocycles. The monoisotopic (exact) mass is 387 g/mol. The van der Waals surface area contributed by atoms with Crippen LogP contribution in [0.1, 0.15) is 59.5 Å². The first kappa shape index (κ1) is 20.0. The number of carbonyl (C=O) groups is 1. The molecule has 0 saturated carbocycles. The number of hydrogen-bond acceptors (Lipinski definition) is 5. The zero-order valence-electron chi connectivity index (χ0n) is 16.2. The van der Waals surface area contributed by atoms with Gasteiger partial charge in [0.1, 0.15) is 5.01 Å². The summed E-state index contributed by atoms with van der Waals surface area (Å²) in [6, 6.07) is 10.0. The van der Waals surface area contributed by atoms with Gasteiger partial charge in [0.15, 0.2) is 0 Å². The molecule has 1 fully saturated rings. The smallest absolute Gasteiger partial charge is 0.253 e. The highest BCUT2D eigenvalue weighted by Gasteiger charge is 2.27. The number of aliphatic hydroxyl groups is 1. The van der Waals surface area contributed by atoms with Crippen LogP contribution in [0.3, 0.4) is 0 Å². The van der Waals surface area contributed by atoms with Crippen LogP contribution in [-0.4, -0.2) is 51.5 Å². The van der Waals surface area contributed by atoms with E-state index in [2.05, 4.69) is 16.8 Å². The van der Waals surface area contributed by atoms with Crippen molar-refractivity contribution in [3.63, 3.8) is 0 Å². The molecule has 5 nitrogen and oxygen atoms in total. The average Bonchev–Trinajstić information content (AvgIpc) is 3.17. The fourth-order valence-electron chi connectivity index (χ4n) is 3.64. The van der Waals surface area contributed by atoms with Gasteiger partial charge in [-0.25, -0.2) is 4.98 Å². The van der Waals surface area contributed by atoms with E-state index in [1.165, 1.54) is 0 Å². The summed E-state index contributed by atoms with van der Waals surface area (Å²) in [4.78, 5) is 22.5. The summed E-state index contributed by atoms with van der Waals surface area (Å²) in [5.41, 5.74) is 0.773. The standard InChI is InChI=1S/C21H29N3O2S/c1-3-11-24(15-20-22-14-19(27-20)16(2)25)18-9-12-23(13-10-18)21(26)17-7-5-4-6-8-17/h4-8,14,16,18,25H,3,9-13,15H2,1-2H3. The molecule has 1 atom stereocenters. The molecule has 2 aromatic rings. The lowest BCUT2D eigenvalue weighted by molar-refractivity contribution is 0.0607. The van der Waals surface area contributed by atoms with Gasteiger partial charge in [0.2, 0.25) is 0 Å². The van der Waals surface area contributed by atoms with Crippen LogP contribution in [0.25, 0.3) is 0 Å². The molecule has 1 amide bonds. The van der Waals surface area contributed by atoms with Gasteiger partial charge in [-0.2, -0.15) is 0 Å². The van der Waals surface area contributed by atoms with Gasteiger partial charge in [-0.1, -0.05) is 25.1 Å². The van der Waals surface area contributed by atoms with Gasteiger partial charge in [-0.05, 0) is 44.9 Å². The third-order valence-corrected chi connectivity index (χ3v) is 6.27. The number of hydrogen-bond donors (Lipinski definition) is 1. The molecule has 1 aliphatic heterocycles. The number of piperidine rings is 1. The number of benzene rings is 1. The highest BCUT2D eigenvalue weighted by atomic mass is 32.1. The minimum Gasteiger partial charge on any atom is -0.388 e. The minimum absolute atomic E-state index is 0.137. The Labute approximate surface area is 165 Å². The SMILES string of the molecule is CCCN(Cc1ncc(C(C)O)s1)C1CCN(C(=O)c2ccccc2)CC1. The molecular weight excluding hydrogens is 358 g/mol. The summed E-state index contributed by atoms with van der Waals surface area (Å²) in [6.45, 7) is 7.43. The van der Waals surface area contributed by atoms with Crippen LogP contribution in [0.2, 0.25) is 0 Å². The largest absolute Gasteiger partial charge is 0.388 e. The molecular formula is C21H29N3O2S. The summed E-state index contributed by atoms with van der Waals surface area (Å²) in [5, 5.41) is 10.8. The van der Waals surface area contributed by atoms with Gasteiger partial charge in [0.25, 0.3) is 5.91 Å². The number of rotatable bonds is 7. The van der Waals surface area contributed by atoms with Crippen LogP contribution in [0.5, 0.6) is 0 Å². The quantitative estimate of drug-likeness (QED) is 0.787. The molecule has 0 aliphatic carbocycles. The van der Waals surface area contributed by atoms with Crippen LogP contribution >= 0.6 is 11.3 Å². The molecule has 0 bridgehead atoms. The number of thiazole rings is 1. The Morgan fingerprint density at radius 3 is 2.63 bits per heavy atom. The molecule has 0 radical (unpaired) electrons. The zero-order chi connectivity index (χ0) is 19.2. The minimum atomic E-state index is -0.455.